The molecule has 8 heterocycles. The number of fused-ring (bicyclic) bond motifs is 4. The molecular weight excluding hydrogens is 1110 g/mol. The lowest BCUT2D eigenvalue weighted by Gasteiger charge is -2.42. The van der Waals surface area contributed by atoms with E-state index in [2.05, 4.69) is 121 Å². The molecule has 78 heavy (non-hydrogen) atoms. The smallest absolute Gasteiger partial charge is 0.281 e. The highest BCUT2D eigenvalue weighted by atomic mass is 32.7. The number of ether oxygens (including phenoxy) is 2. The van der Waals surface area contributed by atoms with E-state index in [1.165, 1.54) is 67.4 Å². The van der Waals surface area contributed by atoms with Gasteiger partial charge < -0.3 is 78.4 Å². The van der Waals surface area contributed by atoms with E-state index in [0.29, 0.717) is 11.5 Å². The average Bonchev–Trinajstić information content (AvgIpc) is 4.12. The summed E-state index contributed by atoms with van der Waals surface area (Å²) >= 11 is 11.4. The molecule has 2 unspecified atom stereocenters. The first-order valence-corrected chi connectivity index (χ1v) is 38.7. The fourth-order valence-electron chi connectivity index (χ4n) is 9.43. The third-order valence-corrected chi connectivity index (χ3v) is 28.4. The van der Waals surface area contributed by atoms with Gasteiger partial charge in [-0.3, -0.25) is 18.5 Å². The Bertz CT molecular complexity index is 2750. The molecule has 0 aromatic carbocycles. The Morgan fingerprint density at radius 3 is 1.94 bits per heavy atom. The molecule has 3 saturated heterocycles. The number of anilines is 1. The number of hydrogen-bond donors (Lipinski definition) is 4. The number of aliphatic hydroxyl groups excluding tert-OH is 1. The first kappa shape index (κ1) is 65.1. The molecule has 4 aliphatic heterocycles. The summed E-state index contributed by atoms with van der Waals surface area (Å²) < 4.78 is 71.8. The van der Waals surface area contributed by atoms with Crippen LogP contribution in [0.25, 0.3) is 22.2 Å². The zero-order valence-electron chi connectivity index (χ0n) is 48.9. The van der Waals surface area contributed by atoms with E-state index in [1.54, 1.807) is 9.80 Å². The molecule has 28 heteroatoms. The van der Waals surface area contributed by atoms with Crippen LogP contribution in [0, 0.1) is 0 Å². The van der Waals surface area contributed by atoms with Crippen LogP contribution in [-0.2, 0) is 78.0 Å². The van der Waals surface area contributed by atoms with Gasteiger partial charge in [0.15, 0.2) is 47.1 Å². The van der Waals surface area contributed by atoms with Crippen molar-refractivity contribution < 1.29 is 60.8 Å². The van der Waals surface area contributed by atoms with Gasteiger partial charge in [0.2, 0.25) is 0 Å². The molecule has 4 aliphatic rings. The fourth-order valence-corrected chi connectivity index (χ4v) is 14.8. The van der Waals surface area contributed by atoms with Gasteiger partial charge in [0.05, 0.1) is 77.3 Å². The van der Waals surface area contributed by atoms with E-state index < -0.39 is 98.0 Å². The SMILES string of the molecule is CC(C)(C)[Si](C)(C)O[C@@H]1[C@@H]2OP(=O)([S-])OC[C@H]3O[C@@H](n4cnc5c(=O)n(CCO)cnc54)[C@H](OP([O-])(=S)OC[C@H]2O[C@H]1n1cc2c4c(ncnc41)NCCC2)[C@@H]3O[Si](C)(C)C(C)(C)C.CC[NH+](CC)CC.CC[NH+](CC)CC. The second-order valence-corrected chi connectivity index (χ2v) is 38.3. The molecular formula is C50H90N10O12P2S2Si2. The lowest BCUT2D eigenvalue weighted by molar-refractivity contribution is -0.894. The van der Waals surface area contributed by atoms with E-state index in [9.17, 15) is 19.4 Å². The molecule has 4 N–H and O–H groups in total. The Labute approximate surface area is 474 Å². The normalized spacial score (nSPS) is 28.2. The molecule has 0 radical (unpaired) electrons. The van der Waals surface area contributed by atoms with Gasteiger partial charge in [-0.1, -0.05) is 53.3 Å². The van der Waals surface area contributed by atoms with Crippen molar-refractivity contribution >= 4 is 82.2 Å². The zero-order chi connectivity index (χ0) is 57.8. The summed E-state index contributed by atoms with van der Waals surface area (Å²) in [6.07, 6.45) is -1.06. The second-order valence-electron chi connectivity index (χ2n) is 23.4. The molecule has 0 saturated carbocycles. The molecule has 3 fully saturated rings. The van der Waals surface area contributed by atoms with Crippen LogP contribution in [-0.4, -0.2) is 158 Å². The van der Waals surface area contributed by atoms with Crippen molar-refractivity contribution in [3.05, 3.63) is 41.1 Å². The summed E-state index contributed by atoms with van der Waals surface area (Å²) in [4.78, 5) is 49.4. The van der Waals surface area contributed by atoms with Gasteiger partial charge >= 0.3 is 0 Å². The third-order valence-electron chi connectivity index (χ3n) is 16.4. The quantitative estimate of drug-likeness (QED) is 0.0747. The van der Waals surface area contributed by atoms with Gasteiger partial charge in [0.1, 0.15) is 67.5 Å². The molecule has 22 nitrogen and oxygen atoms in total. The molecule has 442 valence electrons. The van der Waals surface area contributed by atoms with Crippen molar-refractivity contribution in [1.82, 2.24) is 33.6 Å². The Balaban J connectivity index is 0.000000621. The summed E-state index contributed by atoms with van der Waals surface area (Å²) in [7, 11) is -5.39. The molecule has 4 aromatic heterocycles. The minimum absolute atomic E-state index is 0.00707. The highest BCUT2D eigenvalue weighted by Gasteiger charge is 2.56. The van der Waals surface area contributed by atoms with Gasteiger partial charge in [0, 0.05) is 12.7 Å². The number of imidazole rings is 1. The minimum Gasteiger partial charge on any atom is -0.780 e. The third kappa shape index (κ3) is 15.0. The predicted molar refractivity (Wildman–Crippen MR) is 311 cm³/mol. The second kappa shape index (κ2) is 26.7. The van der Waals surface area contributed by atoms with Crippen molar-refractivity contribution in [2.75, 3.05) is 71.0 Å². The summed E-state index contributed by atoms with van der Waals surface area (Å²) in [6.45, 7) is 32.3. The van der Waals surface area contributed by atoms with Crippen LogP contribution in [0.15, 0.2) is 30.0 Å². The van der Waals surface area contributed by atoms with Gasteiger partial charge in [-0.25, -0.2) is 19.9 Å². The summed E-state index contributed by atoms with van der Waals surface area (Å²) in [5, 5.41) is 13.2. The molecule has 10 atom stereocenters. The Kier molecular flexibility index (Phi) is 22.3. The number of quaternary nitrogens is 2. The standard InChI is InChI=1S/C38H60N8O12P2S2Si2.2C6H15N/c1-37(2,3)63(7,8)57-28-24-18-52-59(49,61)55-27-23(17-51-60(50,62)56-29(28)35(54-24)46-21-42-26-33(46)43-20-44(14-15-47)34(26)48)53-36(30(27)58-64(9,10)38(4,5)6)45-16-22-12-11-13-39-31-25(22)32(45)41-19-40-31;2*1-4-7(5-2)6-3/h16,19-21,23-24,27-30,35-36,47H,11-15,17-18H2,1-10H3,(H,49,61)(H,50,62)(H,39,40,41);2*4-6H2,1-3H3/t23-,24-,27-,28-,29-,30-,35-,36-,59?,60?;;/m1../s1. The predicted octanol–water partition coefficient (Wildman–Crippen LogP) is 4.88. The van der Waals surface area contributed by atoms with Crippen LogP contribution in [0.5, 0.6) is 0 Å². The van der Waals surface area contributed by atoms with Gasteiger partial charge in [-0.2, -0.15) is 0 Å². The molecule has 0 spiro atoms. The molecule has 4 aromatic rings. The number of rotatable bonds is 14. The number of nitrogens with one attached hydrogen (secondary N) is 3. The van der Waals surface area contributed by atoms with E-state index in [4.69, 9.17) is 60.5 Å². The van der Waals surface area contributed by atoms with Crippen molar-refractivity contribution in [1.29, 1.82) is 0 Å². The highest BCUT2D eigenvalue weighted by Crippen LogP contribution is 2.56. The van der Waals surface area contributed by atoms with Crippen LogP contribution in [0.2, 0.25) is 36.3 Å². The highest BCUT2D eigenvalue weighted by molar-refractivity contribution is 8.32. The Morgan fingerprint density at radius 1 is 0.795 bits per heavy atom. The number of aryl methyl sites for hydroxylation is 1. The summed E-state index contributed by atoms with van der Waals surface area (Å²) in [5.74, 6) is 0.704. The first-order valence-electron chi connectivity index (χ1n) is 27.7. The first-order chi connectivity index (χ1) is 36.5. The topological polar surface area (TPSA) is 239 Å². The molecule has 2 bridgehead atoms. The molecule has 8 rings (SSSR count). The number of aliphatic hydroxyl groups is 1. The fraction of sp³-hybridized carbons (Fsp3) is 0.780. The van der Waals surface area contributed by atoms with Gasteiger partial charge in [-0.15, -0.1) is 0 Å². The van der Waals surface area contributed by atoms with Crippen molar-refractivity contribution in [2.24, 2.45) is 0 Å². The number of aromatic nitrogens is 7. The van der Waals surface area contributed by atoms with E-state index >= 15 is 0 Å². The van der Waals surface area contributed by atoms with E-state index in [0.717, 1.165) is 30.3 Å². The summed E-state index contributed by atoms with van der Waals surface area (Å²) in [5.41, 5.74) is 1.21. The van der Waals surface area contributed by atoms with Gasteiger partial charge in [0.25, 0.3) is 5.56 Å². The number of nitrogens with zero attached hydrogens (tertiary/aromatic N) is 7. The largest absolute Gasteiger partial charge is 0.780 e. The minimum atomic E-state index is -4.52. The Morgan fingerprint density at radius 2 is 1.37 bits per heavy atom. The van der Waals surface area contributed by atoms with Crippen LogP contribution >= 0.6 is 13.5 Å². The lowest BCUT2D eigenvalue weighted by atomic mass is 10.1. The maximum absolute atomic E-state index is 14.7. The molecule has 0 aliphatic carbocycles. The van der Waals surface area contributed by atoms with Crippen LogP contribution < -0.4 is 25.6 Å². The lowest BCUT2D eigenvalue weighted by Crippen LogP contribution is -3.11. The van der Waals surface area contributed by atoms with Gasteiger partial charge in [-0.05, 0) is 96.2 Å². The van der Waals surface area contributed by atoms with E-state index in [-0.39, 0.29) is 34.4 Å². The Hall–Kier alpha value is -2.05. The maximum Gasteiger partial charge on any atom is 0.281 e. The summed E-state index contributed by atoms with van der Waals surface area (Å²) in [6, 6.07) is 0. The van der Waals surface area contributed by atoms with Crippen LogP contribution in [0.1, 0.15) is 108 Å². The van der Waals surface area contributed by atoms with Crippen LogP contribution in [0.3, 0.4) is 0 Å². The zero-order valence-corrected chi connectivity index (χ0v) is 54.3. The van der Waals surface area contributed by atoms with Crippen LogP contribution in [0.4, 0.5) is 5.82 Å². The van der Waals surface area contributed by atoms with E-state index in [1.807, 2.05) is 23.9 Å². The van der Waals surface area contributed by atoms with Crippen molar-refractivity contribution in [2.45, 2.75) is 188 Å². The van der Waals surface area contributed by atoms with Crippen molar-refractivity contribution in [3.63, 3.8) is 0 Å². The monoisotopic (exact) mass is 1200 g/mol. The average molecular weight is 1210 g/mol. The van der Waals surface area contributed by atoms with Crippen molar-refractivity contribution in [3.8, 4) is 0 Å². The maximum atomic E-state index is 14.7. The molecule has 0 amide bonds. The number of hydrogen-bond acceptors (Lipinski definition) is 19.